The zero-order valence-electron chi connectivity index (χ0n) is 13.8. The summed E-state index contributed by atoms with van der Waals surface area (Å²) in [5.41, 5.74) is -0.111. The van der Waals surface area contributed by atoms with E-state index in [2.05, 4.69) is 5.32 Å². The number of ether oxygens (including phenoxy) is 1. The van der Waals surface area contributed by atoms with Crippen LogP contribution in [0.3, 0.4) is 0 Å². The molecule has 1 aromatic rings. The number of esters is 1. The Hall–Kier alpha value is -2.62. The number of nitro groups is 1. The number of nitro benzene ring substituents is 1. The molecule has 1 atom stereocenters. The molecule has 136 valence electrons. The van der Waals surface area contributed by atoms with Crippen molar-refractivity contribution in [2.45, 2.75) is 31.2 Å². The summed E-state index contributed by atoms with van der Waals surface area (Å²) in [7, 11) is 0. The number of benzene rings is 1. The first-order chi connectivity index (χ1) is 11.8. The van der Waals surface area contributed by atoms with Gasteiger partial charge in [-0.05, 0) is 19.4 Å². The van der Waals surface area contributed by atoms with E-state index in [1.165, 1.54) is 18.2 Å². The summed E-state index contributed by atoms with van der Waals surface area (Å²) in [6.45, 7) is 3.05. The molecule has 0 heterocycles. The molecule has 0 saturated carbocycles. The molecule has 25 heavy (non-hydrogen) atoms. The number of hydrogen-bond acceptors (Lipinski definition) is 7. The number of para-hydroxylation sites is 1. The molecule has 0 aliphatic rings. The fourth-order valence-corrected chi connectivity index (χ4v) is 2.40. The van der Waals surface area contributed by atoms with Crippen molar-refractivity contribution in [2.75, 3.05) is 12.4 Å². The molecule has 0 unspecified atom stereocenters. The lowest BCUT2D eigenvalue weighted by atomic mass is 10.3. The van der Waals surface area contributed by atoms with Gasteiger partial charge in [-0.25, -0.2) is 4.79 Å². The number of nitrogens with one attached hydrogen (secondary N) is 2. The van der Waals surface area contributed by atoms with Gasteiger partial charge in [0.15, 0.2) is 6.61 Å². The SMILES string of the molecule is CC[C@@H](C)NC(=O)NC(=O)COC(=O)CSc1ccccc1[N+](=O)[O-]. The molecule has 9 nitrogen and oxygen atoms in total. The third-order valence-electron chi connectivity index (χ3n) is 3.01. The van der Waals surface area contributed by atoms with E-state index in [0.29, 0.717) is 11.3 Å². The predicted octanol–water partition coefficient (Wildman–Crippen LogP) is 1.85. The van der Waals surface area contributed by atoms with Crippen molar-refractivity contribution in [3.05, 3.63) is 34.4 Å². The van der Waals surface area contributed by atoms with Crippen LogP contribution in [-0.2, 0) is 14.3 Å². The topological polar surface area (TPSA) is 128 Å². The van der Waals surface area contributed by atoms with E-state index >= 15 is 0 Å². The van der Waals surface area contributed by atoms with Crippen LogP contribution in [-0.4, -0.2) is 41.2 Å². The standard InChI is InChI=1S/C15H19N3O6S/c1-3-10(2)16-15(21)17-13(19)8-24-14(20)9-25-12-7-5-4-6-11(12)18(22)23/h4-7,10H,3,8-9H2,1-2H3,(H2,16,17,19,21)/t10-/m1/s1. The van der Waals surface area contributed by atoms with Crippen LogP contribution in [0.1, 0.15) is 20.3 Å². The Bertz CT molecular complexity index is 652. The monoisotopic (exact) mass is 369 g/mol. The molecule has 0 radical (unpaired) electrons. The molecular weight excluding hydrogens is 350 g/mol. The van der Waals surface area contributed by atoms with Crippen LogP contribution < -0.4 is 10.6 Å². The van der Waals surface area contributed by atoms with E-state index in [4.69, 9.17) is 4.74 Å². The third-order valence-corrected chi connectivity index (χ3v) is 4.05. The van der Waals surface area contributed by atoms with Crippen molar-refractivity contribution in [3.8, 4) is 0 Å². The second kappa shape index (κ2) is 10.3. The van der Waals surface area contributed by atoms with Gasteiger partial charge in [-0.1, -0.05) is 19.1 Å². The summed E-state index contributed by atoms with van der Waals surface area (Å²) in [6.07, 6.45) is 0.708. The number of imide groups is 1. The summed E-state index contributed by atoms with van der Waals surface area (Å²) in [5.74, 6) is -1.68. The molecule has 0 spiro atoms. The van der Waals surface area contributed by atoms with Crippen molar-refractivity contribution in [3.63, 3.8) is 0 Å². The number of thioether (sulfide) groups is 1. The number of carbonyl (C=O) groups excluding carboxylic acids is 3. The van der Waals surface area contributed by atoms with Crippen molar-refractivity contribution < 1.29 is 24.0 Å². The fraction of sp³-hybridized carbons (Fsp3) is 0.400. The second-order valence-electron chi connectivity index (χ2n) is 5.01. The van der Waals surface area contributed by atoms with Gasteiger partial charge in [0.25, 0.3) is 11.6 Å². The Labute approximate surface area is 148 Å². The van der Waals surface area contributed by atoms with Crippen LogP contribution >= 0.6 is 11.8 Å². The maximum atomic E-state index is 11.6. The van der Waals surface area contributed by atoms with Gasteiger partial charge < -0.3 is 10.1 Å². The normalized spacial score (nSPS) is 11.3. The lowest BCUT2D eigenvalue weighted by Crippen LogP contribution is -2.44. The van der Waals surface area contributed by atoms with Gasteiger partial charge in [0.1, 0.15) is 0 Å². The highest BCUT2D eigenvalue weighted by molar-refractivity contribution is 8.00. The fourth-order valence-electron chi connectivity index (χ4n) is 1.58. The van der Waals surface area contributed by atoms with Gasteiger partial charge >= 0.3 is 12.0 Å². The van der Waals surface area contributed by atoms with Gasteiger partial charge in [-0.3, -0.25) is 25.0 Å². The molecule has 3 amide bonds. The minimum absolute atomic E-state index is 0.0894. The maximum Gasteiger partial charge on any atom is 0.321 e. The smallest absolute Gasteiger partial charge is 0.321 e. The quantitative estimate of drug-likeness (QED) is 0.310. The number of amides is 3. The van der Waals surface area contributed by atoms with Crippen LogP contribution in [0.4, 0.5) is 10.5 Å². The summed E-state index contributed by atoms with van der Waals surface area (Å²) in [4.78, 5) is 45.2. The summed E-state index contributed by atoms with van der Waals surface area (Å²) >= 11 is 0.933. The zero-order chi connectivity index (χ0) is 18.8. The van der Waals surface area contributed by atoms with Crippen LogP contribution in [0.5, 0.6) is 0 Å². The molecule has 10 heteroatoms. The Kier molecular flexibility index (Phi) is 8.40. The lowest BCUT2D eigenvalue weighted by Gasteiger charge is -2.11. The van der Waals surface area contributed by atoms with E-state index in [-0.39, 0.29) is 17.5 Å². The zero-order valence-corrected chi connectivity index (χ0v) is 14.6. The third kappa shape index (κ3) is 7.66. The minimum Gasteiger partial charge on any atom is -0.455 e. The largest absolute Gasteiger partial charge is 0.455 e. The van der Waals surface area contributed by atoms with E-state index < -0.39 is 29.4 Å². The van der Waals surface area contributed by atoms with Crippen molar-refractivity contribution in [1.29, 1.82) is 0 Å². The highest BCUT2D eigenvalue weighted by Gasteiger charge is 2.16. The molecule has 0 bridgehead atoms. The number of urea groups is 1. The molecule has 0 aliphatic heterocycles. The lowest BCUT2D eigenvalue weighted by molar-refractivity contribution is -0.387. The van der Waals surface area contributed by atoms with E-state index in [1.54, 1.807) is 13.0 Å². The van der Waals surface area contributed by atoms with Crippen molar-refractivity contribution >= 4 is 35.4 Å². The number of nitrogens with zero attached hydrogens (tertiary/aromatic N) is 1. The van der Waals surface area contributed by atoms with Crippen molar-refractivity contribution in [2.24, 2.45) is 0 Å². The summed E-state index contributed by atoms with van der Waals surface area (Å²) in [6, 6.07) is 5.23. The van der Waals surface area contributed by atoms with Crippen LogP contribution in [0, 0.1) is 10.1 Å². The van der Waals surface area contributed by atoms with E-state index in [9.17, 15) is 24.5 Å². The van der Waals surface area contributed by atoms with Crippen LogP contribution in [0.25, 0.3) is 0 Å². The molecule has 1 aromatic carbocycles. The van der Waals surface area contributed by atoms with Crippen molar-refractivity contribution in [1.82, 2.24) is 10.6 Å². The summed E-state index contributed by atoms with van der Waals surface area (Å²) in [5, 5.41) is 15.4. The number of carbonyl (C=O) groups is 3. The van der Waals surface area contributed by atoms with E-state index in [1.807, 2.05) is 12.2 Å². The molecule has 2 N–H and O–H groups in total. The first-order valence-corrected chi connectivity index (χ1v) is 8.44. The maximum absolute atomic E-state index is 11.6. The minimum atomic E-state index is -0.759. The van der Waals surface area contributed by atoms with Crippen LogP contribution in [0.15, 0.2) is 29.2 Å². The average Bonchev–Trinajstić information content (AvgIpc) is 2.57. The Morgan fingerprint density at radius 3 is 2.64 bits per heavy atom. The van der Waals surface area contributed by atoms with Gasteiger partial charge in [0.2, 0.25) is 0 Å². The second-order valence-corrected chi connectivity index (χ2v) is 6.02. The number of hydrogen-bond donors (Lipinski definition) is 2. The molecule has 0 fully saturated rings. The first-order valence-electron chi connectivity index (χ1n) is 7.45. The summed E-state index contributed by atoms with van der Waals surface area (Å²) < 4.78 is 4.74. The van der Waals surface area contributed by atoms with E-state index in [0.717, 1.165) is 11.8 Å². The van der Waals surface area contributed by atoms with Gasteiger partial charge in [0, 0.05) is 12.1 Å². The Morgan fingerprint density at radius 1 is 1.32 bits per heavy atom. The first kappa shape index (κ1) is 20.4. The van der Waals surface area contributed by atoms with Gasteiger partial charge in [-0.15, -0.1) is 11.8 Å². The predicted molar refractivity (Wildman–Crippen MR) is 91.2 cm³/mol. The van der Waals surface area contributed by atoms with Crippen LogP contribution in [0.2, 0.25) is 0 Å². The number of rotatable bonds is 8. The molecule has 0 saturated heterocycles. The Balaban J connectivity index is 2.37. The molecule has 0 aromatic heterocycles. The average molecular weight is 369 g/mol. The van der Waals surface area contributed by atoms with Gasteiger partial charge in [0.05, 0.1) is 15.6 Å². The molecule has 1 rings (SSSR count). The molecule has 0 aliphatic carbocycles. The Morgan fingerprint density at radius 2 is 2.00 bits per heavy atom. The molecular formula is C15H19N3O6S. The van der Waals surface area contributed by atoms with Gasteiger partial charge in [-0.2, -0.15) is 0 Å². The highest BCUT2D eigenvalue weighted by atomic mass is 32.2. The highest BCUT2D eigenvalue weighted by Crippen LogP contribution is 2.28.